The number of ether oxygens (including phenoxy) is 1. The summed E-state index contributed by atoms with van der Waals surface area (Å²) in [6, 6.07) is 16.9. The van der Waals surface area contributed by atoms with E-state index in [1.807, 2.05) is 49.4 Å². The Bertz CT molecular complexity index is 534. The maximum atomic E-state index is 12.3. The molecule has 0 saturated carbocycles. The number of ketones is 1. The summed E-state index contributed by atoms with van der Waals surface area (Å²) in [5.74, 6) is 0.833. The van der Waals surface area contributed by atoms with Crippen LogP contribution in [0.4, 0.5) is 0 Å². The summed E-state index contributed by atoms with van der Waals surface area (Å²) in [6.45, 7) is 2.56. The third-order valence-corrected chi connectivity index (χ3v) is 3.72. The molecule has 98 valence electrons. The number of Topliss-reactive ketones (excluding diaryl/α,β-unsaturated/α-hetero) is 1. The van der Waals surface area contributed by atoms with Gasteiger partial charge >= 0.3 is 0 Å². The molecular formula is C16H15BrO2. The van der Waals surface area contributed by atoms with Crippen molar-refractivity contribution in [3.8, 4) is 5.75 Å². The van der Waals surface area contributed by atoms with E-state index in [1.54, 1.807) is 12.1 Å². The highest BCUT2D eigenvalue weighted by Crippen LogP contribution is 2.27. The lowest BCUT2D eigenvalue weighted by Gasteiger charge is -2.10. The largest absolute Gasteiger partial charge is 0.494 e. The van der Waals surface area contributed by atoms with E-state index in [9.17, 15) is 4.79 Å². The molecule has 3 heteroatoms. The number of hydrogen-bond acceptors (Lipinski definition) is 2. The van der Waals surface area contributed by atoms with Crippen molar-refractivity contribution in [1.82, 2.24) is 0 Å². The van der Waals surface area contributed by atoms with Crippen molar-refractivity contribution in [3.63, 3.8) is 0 Å². The van der Waals surface area contributed by atoms with Gasteiger partial charge in [-0.1, -0.05) is 46.3 Å². The fourth-order valence-electron chi connectivity index (χ4n) is 1.80. The summed E-state index contributed by atoms with van der Waals surface area (Å²) in [5.41, 5.74) is 1.63. The molecule has 2 nitrogen and oxygen atoms in total. The maximum absolute atomic E-state index is 12.3. The SMILES string of the molecule is CCOc1ccc(C(=O)[C@@H](Br)c2ccccc2)cc1. The Morgan fingerprint density at radius 2 is 1.74 bits per heavy atom. The standard InChI is InChI=1S/C16H15BrO2/c1-2-19-14-10-8-13(9-11-14)16(18)15(17)12-6-4-3-5-7-12/h3-11,15H,2H2,1H3/t15-/m0/s1. The molecule has 0 amide bonds. The number of halogens is 1. The Labute approximate surface area is 121 Å². The predicted molar refractivity (Wildman–Crippen MR) is 80.1 cm³/mol. The molecule has 0 aliphatic carbocycles. The van der Waals surface area contributed by atoms with Crippen molar-refractivity contribution in [2.45, 2.75) is 11.8 Å². The zero-order valence-corrected chi connectivity index (χ0v) is 12.3. The van der Waals surface area contributed by atoms with Crippen LogP contribution in [0.25, 0.3) is 0 Å². The number of carbonyl (C=O) groups is 1. The minimum absolute atomic E-state index is 0.0502. The average molecular weight is 319 g/mol. The van der Waals surface area contributed by atoms with Crippen molar-refractivity contribution >= 4 is 21.7 Å². The van der Waals surface area contributed by atoms with Crippen LogP contribution < -0.4 is 4.74 Å². The Balaban J connectivity index is 2.15. The second kappa shape index (κ2) is 6.53. The van der Waals surface area contributed by atoms with Crippen LogP contribution in [0.5, 0.6) is 5.75 Å². The number of alkyl halides is 1. The van der Waals surface area contributed by atoms with Crippen molar-refractivity contribution in [1.29, 1.82) is 0 Å². The molecule has 1 atom stereocenters. The number of carbonyl (C=O) groups excluding carboxylic acids is 1. The average Bonchev–Trinajstić information content (AvgIpc) is 2.48. The molecule has 0 unspecified atom stereocenters. The molecule has 0 saturated heterocycles. The third-order valence-electron chi connectivity index (χ3n) is 2.77. The lowest BCUT2D eigenvalue weighted by atomic mass is 10.0. The van der Waals surface area contributed by atoms with Crippen LogP contribution in [0, 0.1) is 0 Å². The highest BCUT2D eigenvalue weighted by atomic mass is 79.9. The van der Waals surface area contributed by atoms with Gasteiger partial charge in [-0.05, 0) is 36.8 Å². The maximum Gasteiger partial charge on any atom is 0.180 e. The van der Waals surface area contributed by atoms with Crippen LogP contribution >= 0.6 is 15.9 Å². The van der Waals surface area contributed by atoms with E-state index in [0.29, 0.717) is 12.2 Å². The highest BCUT2D eigenvalue weighted by molar-refractivity contribution is 9.09. The number of rotatable bonds is 5. The first-order chi connectivity index (χ1) is 9.22. The molecule has 19 heavy (non-hydrogen) atoms. The van der Waals surface area contributed by atoms with Gasteiger partial charge in [0.05, 0.1) is 6.61 Å². The van der Waals surface area contributed by atoms with Gasteiger partial charge in [0.25, 0.3) is 0 Å². The molecule has 0 radical (unpaired) electrons. The normalized spacial score (nSPS) is 11.9. The van der Waals surface area contributed by atoms with Gasteiger partial charge in [-0.25, -0.2) is 0 Å². The molecular weight excluding hydrogens is 304 g/mol. The van der Waals surface area contributed by atoms with Crippen LogP contribution in [0.15, 0.2) is 54.6 Å². The zero-order chi connectivity index (χ0) is 13.7. The van der Waals surface area contributed by atoms with Crippen molar-refractivity contribution in [2.24, 2.45) is 0 Å². The first-order valence-electron chi connectivity index (χ1n) is 6.18. The fraction of sp³-hybridized carbons (Fsp3) is 0.188. The lowest BCUT2D eigenvalue weighted by Crippen LogP contribution is -2.07. The summed E-state index contributed by atoms with van der Waals surface area (Å²) in [7, 11) is 0. The molecule has 2 aromatic rings. The van der Waals surface area contributed by atoms with E-state index in [0.717, 1.165) is 11.3 Å². The molecule has 0 bridgehead atoms. The summed E-state index contributed by atoms with van der Waals surface area (Å²) in [4.78, 5) is 12.0. The first-order valence-corrected chi connectivity index (χ1v) is 7.10. The van der Waals surface area contributed by atoms with Crippen molar-refractivity contribution < 1.29 is 9.53 Å². The molecule has 2 aromatic carbocycles. The zero-order valence-electron chi connectivity index (χ0n) is 10.7. The topological polar surface area (TPSA) is 26.3 Å². The van der Waals surface area contributed by atoms with E-state index in [1.165, 1.54) is 0 Å². The number of hydrogen-bond donors (Lipinski definition) is 0. The minimum atomic E-state index is -0.313. The van der Waals surface area contributed by atoms with Gasteiger partial charge in [0.1, 0.15) is 10.6 Å². The van der Waals surface area contributed by atoms with Crippen LogP contribution in [0.2, 0.25) is 0 Å². The number of benzene rings is 2. The van der Waals surface area contributed by atoms with Crippen molar-refractivity contribution in [2.75, 3.05) is 6.61 Å². The van der Waals surface area contributed by atoms with Gasteiger partial charge < -0.3 is 4.74 Å². The molecule has 0 aliphatic rings. The molecule has 2 rings (SSSR count). The molecule has 0 aromatic heterocycles. The first kappa shape index (κ1) is 13.8. The van der Waals surface area contributed by atoms with E-state index < -0.39 is 0 Å². The second-order valence-electron chi connectivity index (χ2n) is 4.09. The van der Waals surface area contributed by atoms with Crippen LogP contribution in [-0.4, -0.2) is 12.4 Å². The molecule has 0 spiro atoms. The highest BCUT2D eigenvalue weighted by Gasteiger charge is 2.18. The van der Waals surface area contributed by atoms with Gasteiger partial charge in [0, 0.05) is 5.56 Å². The minimum Gasteiger partial charge on any atom is -0.494 e. The van der Waals surface area contributed by atoms with Gasteiger partial charge in [-0.15, -0.1) is 0 Å². The Morgan fingerprint density at radius 3 is 2.32 bits per heavy atom. The Kier molecular flexibility index (Phi) is 4.74. The van der Waals surface area contributed by atoms with Crippen LogP contribution in [-0.2, 0) is 0 Å². The Morgan fingerprint density at radius 1 is 1.11 bits per heavy atom. The second-order valence-corrected chi connectivity index (χ2v) is 5.01. The van der Waals surface area contributed by atoms with Crippen LogP contribution in [0.3, 0.4) is 0 Å². The van der Waals surface area contributed by atoms with Gasteiger partial charge in [-0.2, -0.15) is 0 Å². The van der Waals surface area contributed by atoms with E-state index in [-0.39, 0.29) is 10.6 Å². The van der Waals surface area contributed by atoms with Crippen LogP contribution in [0.1, 0.15) is 27.7 Å². The predicted octanol–water partition coefficient (Wildman–Crippen LogP) is 4.40. The fourth-order valence-corrected chi connectivity index (χ4v) is 2.37. The summed E-state index contributed by atoms with van der Waals surface area (Å²) >= 11 is 3.46. The molecule has 0 N–H and O–H groups in total. The van der Waals surface area contributed by atoms with Gasteiger partial charge in [0.15, 0.2) is 5.78 Å². The van der Waals surface area contributed by atoms with Gasteiger partial charge in [-0.3, -0.25) is 4.79 Å². The monoisotopic (exact) mass is 318 g/mol. The van der Waals surface area contributed by atoms with Gasteiger partial charge in [0.2, 0.25) is 0 Å². The summed E-state index contributed by atoms with van der Waals surface area (Å²) in [6.07, 6.45) is 0. The Hall–Kier alpha value is -1.61. The molecule has 0 aliphatic heterocycles. The molecule has 0 fully saturated rings. The molecule has 0 heterocycles. The summed E-state index contributed by atoms with van der Waals surface area (Å²) in [5, 5.41) is 0. The van der Waals surface area contributed by atoms with Crippen molar-refractivity contribution in [3.05, 3.63) is 65.7 Å². The van der Waals surface area contributed by atoms with E-state index in [2.05, 4.69) is 15.9 Å². The quantitative estimate of drug-likeness (QED) is 0.603. The lowest BCUT2D eigenvalue weighted by molar-refractivity contribution is 0.0991. The smallest absolute Gasteiger partial charge is 0.180 e. The third kappa shape index (κ3) is 3.44. The summed E-state index contributed by atoms with van der Waals surface area (Å²) < 4.78 is 5.36. The van der Waals surface area contributed by atoms with E-state index >= 15 is 0 Å². The van der Waals surface area contributed by atoms with E-state index in [4.69, 9.17) is 4.74 Å².